The Morgan fingerprint density at radius 2 is 1.55 bits per heavy atom. The van der Waals surface area contributed by atoms with Crippen LogP contribution in [0.1, 0.15) is 48.5 Å². The van der Waals surface area contributed by atoms with Crippen LogP contribution in [0.2, 0.25) is 0 Å². The molecule has 2 aliphatic heterocycles. The summed E-state index contributed by atoms with van der Waals surface area (Å²) in [4.78, 5) is 49.3. The Bertz CT molecular complexity index is 1130. The van der Waals surface area contributed by atoms with Crippen LogP contribution in [0.3, 0.4) is 0 Å². The Hall–Kier alpha value is -2.80. The quantitative estimate of drug-likeness (QED) is 0.188. The van der Waals surface area contributed by atoms with Gasteiger partial charge in [-0.25, -0.2) is 4.79 Å². The maximum absolute atomic E-state index is 13.0. The highest BCUT2D eigenvalue weighted by atomic mass is 16.7. The van der Waals surface area contributed by atoms with Gasteiger partial charge < -0.3 is 39.0 Å². The zero-order valence-electron chi connectivity index (χ0n) is 22.3. The number of ether oxygens (including phenoxy) is 5. The van der Waals surface area contributed by atoms with Gasteiger partial charge in [0.15, 0.2) is 23.4 Å². The first-order valence-electron chi connectivity index (χ1n) is 12.3. The molecule has 11 atom stereocenters. The molecule has 12 heteroatoms. The number of rotatable bonds is 3. The van der Waals surface area contributed by atoms with Crippen LogP contribution in [0.15, 0.2) is 23.8 Å². The van der Waals surface area contributed by atoms with Crippen LogP contribution >= 0.6 is 0 Å². The molecule has 0 amide bonds. The van der Waals surface area contributed by atoms with E-state index in [1.165, 1.54) is 45.9 Å². The van der Waals surface area contributed by atoms with E-state index < -0.39 is 88.6 Å². The molecule has 0 aromatic heterocycles. The van der Waals surface area contributed by atoms with Crippen molar-refractivity contribution in [3.63, 3.8) is 0 Å². The third kappa shape index (κ3) is 3.88. The van der Waals surface area contributed by atoms with Gasteiger partial charge in [0.1, 0.15) is 23.9 Å². The maximum atomic E-state index is 13.0. The smallest absolute Gasteiger partial charge is 0.342 e. The van der Waals surface area contributed by atoms with Gasteiger partial charge in [-0.1, -0.05) is 13.0 Å². The van der Waals surface area contributed by atoms with Crippen molar-refractivity contribution in [2.75, 3.05) is 0 Å². The van der Waals surface area contributed by atoms with Crippen molar-refractivity contribution in [3.05, 3.63) is 23.8 Å². The van der Waals surface area contributed by atoms with Gasteiger partial charge in [-0.2, -0.15) is 0 Å². The first-order chi connectivity index (χ1) is 17.4. The van der Waals surface area contributed by atoms with E-state index in [4.69, 9.17) is 23.7 Å². The fraction of sp³-hybridized carbons (Fsp3) is 0.692. The zero-order valence-corrected chi connectivity index (χ0v) is 22.3. The molecule has 2 saturated heterocycles. The standard InChI is InChI=1S/C26H34O12/c1-11-10-16-26(25(7,38-26)22(32)37-16)21(36-14(4)29)19-23(5,20(31)17(30)18(11)35-13(3)28)9-8-15(24(19,6)33)34-12(2)27/h8-10,15-21,30-31,33H,1-7H3/b11-10-/t15-,16+,17+,18+,19-,20+,21+,23+,24-,25+,26+/m1/s1. The number of aliphatic hydroxyl groups excluding tert-OH is 2. The van der Waals surface area contributed by atoms with Crippen LogP contribution in [0.25, 0.3) is 0 Å². The number of carbonyl (C=O) groups is 4. The SMILES string of the molecule is CC(=O)O[C@H]1/C(C)=C\[C@@H]2OC(=O)[C@]3(C)O[C@]23[C@@H](OC(C)=O)[C@H]2[C@](C)(O)[C@H](OC(C)=O)C=C[C@]2(C)[C@@H](O)[C@H]1O. The van der Waals surface area contributed by atoms with Gasteiger partial charge in [0, 0.05) is 32.1 Å². The first kappa shape index (κ1) is 28.2. The highest BCUT2D eigenvalue weighted by molar-refractivity contribution is 5.89. The van der Waals surface area contributed by atoms with Crippen molar-refractivity contribution in [1.82, 2.24) is 0 Å². The minimum Gasteiger partial charge on any atom is -0.459 e. The summed E-state index contributed by atoms with van der Waals surface area (Å²) in [5, 5.41) is 35.0. The van der Waals surface area contributed by atoms with Crippen LogP contribution < -0.4 is 0 Å². The van der Waals surface area contributed by atoms with Gasteiger partial charge in [0.25, 0.3) is 0 Å². The summed E-state index contributed by atoms with van der Waals surface area (Å²) in [6.07, 6.45) is -4.49. The average molecular weight is 539 g/mol. The second-order valence-electron chi connectivity index (χ2n) is 11.1. The van der Waals surface area contributed by atoms with E-state index in [9.17, 15) is 34.5 Å². The van der Waals surface area contributed by atoms with Crippen molar-refractivity contribution in [1.29, 1.82) is 0 Å². The van der Waals surface area contributed by atoms with Crippen molar-refractivity contribution in [3.8, 4) is 0 Å². The Morgan fingerprint density at radius 3 is 2.08 bits per heavy atom. The second kappa shape index (κ2) is 8.87. The third-order valence-electron chi connectivity index (χ3n) is 8.37. The van der Waals surface area contributed by atoms with Crippen LogP contribution in [0.4, 0.5) is 0 Å². The minimum absolute atomic E-state index is 0.247. The Morgan fingerprint density at radius 1 is 0.974 bits per heavy atom. The van der Waals surface area contributed by atoms with Crippen LogP contribution in [-0.4, -0.2) is 92.6 Å². The van der Waals surface area contributed by atoms with E-state index >= 15 is 0 Å². The van der Waals surface area contributed by atoms with Crippen molar-refractivity contribution in [2.24, 2.45) is 11.3 Å². The van der Waals surface area contributed by atoms with Crippen molar-refractivity contribution >= 4 is 23.9 Å². The summed E-state index contributed by atoms with van der Waals surface area (Å²) < 4.78 is 28.2. The van der Waals surface area contributed by atoms with E-state index in [1.807, 2.05) is 0 Å². The molecule has 210 valence electrons. The van der Waals surface area contributed by atoms with Crippen molar-refractivity contribution < 1.29 is 58.2 Å². The molecule has 3 N–H and O–H groups in total. The number of hydrogen-bond donors (Lipinski definition) is 3. The monoisotopic (exact) mass is 538 g/mol. The number of esters is 4. The molecule has 0 aromatic carbocycles. The van der Waals surface area contributed by atoms with E-state index in [1.54, 1.807) is 0 Å². The predicted molar refractivity (Wildman–Crippen MR) is 126 cm³/mol. The zero-order chi connectivity index (χ0) is 28.6. The fourth-order valence-corrected chi connectivity index (χ4v) is 6.52. The summed E-state index contributed by atoms with van der Waals surface area (Å²) >= 11 is 0. The molecule has 0 bridgehead atoms. The first-order valence-corrected chi connectivity index (χ1v) is 12.3. The van der Waals surface area contributed by atoms with E-state index in [2.05, 4.69) is 0 Å². The number of carbonyl (C=O) groups excluding carboxylic acids is 4. The Kier molecular flexibility index (Phi) is 6.58. The van der Waals surface area contributed by atoms with Crippen molar-refractivity contribution in [2.45, 2.75) is 102 Å². The molecular weight excluding hydrogens is 504 g/mol. The average Bonchev–Trinajstić information content (AvgIpc) is 3.38. The second-order valence-corrected chi connectivity index (χ2v) is 11.1. The van der Waals surface area contributed by atoms with E-state index in [0.29, 0.717) is 0 Å². The highest BCUT2D eigenvalue weighted by Gasteiger charge is 2.87. The lowest BCUT2D eigenvalue weighted by Gasteiger charge is -2.55. The van der Waals surface area contributed by atoms with Crippen LogP contribution in [0, 0.1) is 11.3 Å². The largest absolute Gasteiger partial charge is 0.459 e. The summed E-state index contributed by atoms with van der Waals surface area (Å²) in [6, 6.07) is 0. The molecular formula is C26H34O12. The van der Waals surface area contributed by atoms with E-state index in [0.717, 1.165) is 20.8 Å². The minimum atomic E-state index is -2.04. The number of fused-ring (bicyclic) bond motifs is 1. The summed E-state index contributed by atoms with van der Waals surface area (Å²) in [5.74, 6) is -4.32. The third-order valence-corrected chi connectivity index (χ3v) is 8.37. The van der Waals surface area contributed by atoms with Crippen LogP contribution in [-0.2, 0) is 42.9 Å². The molecule has 4 aliphatic rings. The molecule has 38 heavy (non-hydrogen) atoms. The van der Waals surface area contributed by atoms with Gasteiger partial charge in [-0.05, 0) is 38.5 Å². The number of epoxide rings is 1. The van der Waals surface area contributed by atoms with Gasteiger partial charge in [0.05, 0.1) is 6.10 Å². The molecule has 0 unspecified atom stereocenters. The fourth-order valence-electron chi connectivity index (χ4n) is 6.52. The topological polar surface area (TPSA) is 178 Å². The molecule has 2 heterocycles. The Labute approximate surface area is 219 Å². The molecule has 2 fully saturated rings. The summed E-state index contributed by atoms with van der Waals surface area (Å²) in [7, 11) is 0. The summed E-state index contributed by atoms with van der Waals surface area (Å²) in [5.41, 5.74) is -6.67. The highest BCUT2D eigenvalue weighted by Crippen LogP contribution is 2.65. The lowest BCUT2D eigenvalue weighted by atomic mass is 9.55. The van der Waals surface area contributed by atoms with Gasteiger partial charge in [-0.15, -0.1) is 0 Å². The molecule has 4 rings (SSSR count). The molecule has 0 aromatic rings. The predicted octanol–water partition coefficient (Wildman–Crippen LogP) is -0.140. The maximum Gasteiger partial charge on any atom is 0.342 e. The molecule has 0 saturated carbocycles. The molecule has 0 radical (unpaired) electrons. The molecule has 12 nitrogen and oxygen atoms in total. The molecule has 1 spiro atoms. The normalized spacial score (nSPS) is 48.7. The number of hydrogen-bond acceptors (Lipinski definition) is 12. The van der Waals surface area contributed by atoms with Gasteiger partial charge in [0.2, 0.25) is 0 Å². The Balaban J connectivity index is 2.03. The lowest BCUT2D eigenvalue weighted by molar-refractivity contribution is -0.225. The van der Waals surface area contributed by atoms with Crippen LogP contribution in [0.5, 0.6) is 0 Å². The summed E-state index contributed by atoms with van der Waals surface area (Å²) in [6.45, 7) is 9.26. The van der Waals surface area contributed by atoms with Gasteiger partial charge >= 0.3 is 23.9 Å². The molecule has 2 aliphatic carbocycles. The van der Waals surface area contributed by atoms with E-state index in [-0.39, 0.29) is 5.57 Å². The van der Waals surface area contributed by atoms with Gasteiger partial charge in [-0.3, -0.25) is 14.4 Å². The lowest BCUT2D eigenvalue weighted by Crippen LogP contribution is -2.68. The number of aliphatic hydroxyl groups is 3.